The average molecular weight is 816 g/mol. The zero-order chi connectivity index (χ0) is 41.9. The zero-order valence-corrected chi connectivity index (χ0v) is 36.3. The van der Waals surface area contributed by atoms with Crippen LogP contribution in [0, 0.1) is 0 Å². The van der Waals surface area contributed by atoms with Crippen molar-refractivity contribution in [1.29, 1.82) is 0 Å². The van der Waals surface area contributed by atoms with E-state index in [9.17, 15) is 40.5 Å². The molecule has 0 saturated carbocycles. The molecule has 0 bridgehead atoms. The Kier molecular flexibility index (Phi) is 34.7. The van der Waals surface area contributed by atoms with Gasteiger partial charge in [-0.2, -0.15) is 0 Å². The molecule has 0 aromatic rings. The van der Waals surface area contributed by atoms with Gasteiger partial charge < -0.3 is 50.5 Å². The van der Waals surface area contributed by atoms with Crippen LogP contribution in [0.15, 0.2) is 12.2 Å². The molecule has 1 aliphatic rings. The summed E-state index contributed by atoms with van der Waals surface area (Å²) in [5.74, 6) is -0.705. The number of carbonyl (C=O) groups excluding carboxylic acids is 1. The van der Waals surface area contributed by atoms with Gasteiger partial charge in [0.15, 0.2) is 6.29 Å². The topological polar surface area (TPSA) is 189 Å². The van der Waals surface area contributed by atoms with E-state index >= 15 is 0 Å². The van der Waals surface area contributed by atoms with Crippen molar-refractivity contribution in [2.45, 2.75) is 262 Å². The summed E-state index contributed by atoms with van der Waals surface area (Å²) < 4.78 is 11.1. The summed E-state index contributed by atoms with van der Waals surface area (Å²) in [6.45, 7) is 3.42. The number of ether oxygens (including phenoxy) is 2. The molecule has 1 aliphatic heterocycles. The van der Waals surface area contributed by atoms with Gasteiger partial charge in [0.25, 0.3) is 0 Å². The molecular formula is C46H89NO10. The third-order valence-corrected chi connectivity index (χ3v) is 11.6. The number of amides is 1. The number of hydrogen-bond donors (Lipinski definition) is 8. The summed E-state index contributed by atoms with van der Waals surface area (Å²) in [4.78, 5) is 13.1. The Balaban J connectivity index is 2.43. The molecule has 1 heterocycles. The lowest BCUT2D eigenvalue weighted by atomic mass is 9.98. The van der Waals surface area contributed by atoms with Crippen LogP contribution in [0.4, 0.5) is 0 Å². The zero-order valence-electron chi connectivity index (χ0n) is 36.3. The van der Waals surface area contributed by atoms with Crippen LogP contribution in [0.5, 0.6) is 0 Å². The number of carbonyl (C=O) groups is 1. The van der Waals surface area contributed by atoms with Crippen LogP contribution in [0.1, 0.15) is 206 Å². The van der Waals surface area contributed by atoms with Gasteiger partial charge in [0.2, 0.25) is 5.91 Å². The summed E-state index contributed by atoms with van der Waals surface area (Å²) in [5, 5.41) is 75.6. The minimum Gasteiger partial charge on any atom is -0.394 e. The molecule has 57 heavy (non-hydrogen) atoms. The fourth-order valence-corrected chi connectivity index (χ4v) is 7.62. The molecule has 1 rings (SSSR count). The third-order valence-electron chi connectivity index (χ3n) is 11.6. The average Bonchev–Trinajstić information content (AvgIpc) is 3.21. The number of hydrogen-bond acceptors (Lipinski definition) is 10. The molecule has 1 amide bonds. The van der Waals surface area contributed by atoms with Gasteiger partial charge in [0.1, 0.15) is 36.6 Å². The Bertz CT molecular complexity index is 939. The van der Waals surface area contributed by atoms with E-state index in [4.69, 9.17) is 9.47 Å². The maximum absolute atomic E-state index is 13.1. The van der Waals surface area contributed by atoms with E-state index in [1.807, 2.05) is 0 Å². The normalized spacial score (nSPS) is 22.2. The number of nitrogens with one attached hydrogen (secondary N) is 1. The first kappa shape index (κ1) is 53.9. The molecule has 0 aromatic carbocycles. The van der Waals surface area contributed by atoms with Crippen LogP contribution >= 0.6 is 0 Å². The van der Waals surface area contributed by atoms with Crippen LogP contribution in [0.25, 0.3) is 0 Å². The fourth-order valence-electron chi connectivity index (χ4n) is 7.62. The molecule has 0 radical (unpaired) electrons. The van der Waals surface area contributed by atoms with Crippen molar-refractivity contribution in [2.75, 3.05) is 13.2 Å². The maximum atomic E-state index is 13.1. The van der Waals surface area contributed by atoms with Gasteiger partial charge in [0.05, 0.1) is 25.4 Å². The summed E-state index contributed by atoms with van der Waals surface area (Å²) in [7, 11) is 0. The largest absolute Gasteiger partial charge is 0.394 e. The monoisotopic (exact) mass is 816 g/mol. The van der Waals surface area contributed by atoms with Crippen LogP contribution < -0.4 is 5.32 Å². The highest BCUT2D eigenvalue weighted by Crippen LogP contribution is 2.23. The number of aliphatic hydroxyl groups is 7. The van der Waals surface area contributed by atoms with Crippen molar-refractivity contribution in [1.82, 2.24) is 5.32 Å². The first-order valence-electron chi connectivity index (χ1n) is 23.6. The molecule has 338 valence electrons. The first-order valence-corrected chi connectivity index (χ1v) is 23.6. The first-order chi connectivity index (χ1) is 27.7. The minimum atomic E-state index is -1.66. The standard InChI is InChI=1S/C46H89NO10/c1-3-5-7-9-11-13-15-17-18-19-20-21-22-24-26-28-30-32-34-39(50)45(55)47-37(36-56-46-44(54)43(53)42(52)40(35-48)57-46)41(51)38(49)33-31-29-27-25-23-16-14-12-10-8-6-4-2/h25,27,37-44,46,48-54H,3-24,26,28-36H2,1-2H3,(H,47,55)/b27-25-/t37-,38+,39+,40+,41-,42-,43-,44+,46+/m0/s1. The van der Waals surface area contributed by atoms with Gasteiger partial charge in [-0.25, -0.2) is 0 Å². The van der Waals surface area contributed by atoms with E-state index in [1.54, 1.807) is 0 Å². The lowest BCUT2D eigenvalue weighted by Crippen LogP contribution is -2.60. The number of unbranched alkanes of at least 4 members (excludes halogenated alkanes) is 25. The van der Waals surface area contributed by atoms with Crippen molar-refractivity contribution < 1.29 is 50.0 Å². The smallest absolute Gasteiger partial charge is 0.249 e. The molecule has 11 nitrogen and oxygen atoms in total. The Morgan fingerprint density at radius 3 is 1.51 bits per heavy atom. The molecule has 9 atom stereocenters. The Hall–Kier alpha value is -1.15. The lowest BCUT2D eigenvalue weighted by Gasteiger charge is -2.40. The maximum Gasteiger partial charge on any atom is 0.249 e. The molecule has 0 aliphatic carbocycles. The van der Waals surface area contributed by atoms with Crippen molar-refractivity contribution in [3.05, 3.63) is 12.2 Å². The molecule has 1 fully saturated rings. The van der Waals surface area contributed by atoms with E-state index in [2.05, 4.69) is 31.3 Å². The molecule has 0 aromatic heterocycles. The van der Waals surface area contributed by atoms with Crippen molar-refractivity contribution in [3.8, 4) is 0 Å². The molecule has 8 N–H and O–H groups in total. The van der Waals surface area contributed by atoms with Crippen LogP contribution in [-0.4, -0.2) is 110 Å². The summed E-state index contributed by atoms with van der Waals surface area (Å²) >= 11 is 0. The highest BCUT2D eigenvalue weighted by Gasteiger charge is 2.44. The second kappa shape index (κ2) is 36.7. The second-order valence-electron chi connectivity index (χ2n) is 16.8. The van der Waals surface area contributed by atoms with E-state index in [-0.39, 0.29) is 12.8 Å². The second-order valence-corrected chi connectivity index (χ2v) is 16.8. The van der Waals surface area contributed by atoms with E-state index in [1.165, 1.54) is 128 Å². The molecule has 11 heteroatoms. The van der Waals surface area contributed by atoms with Crippen LogP contribution in [0.3, 0.4) is 0 Å². The Morgan fingerprint density at radius 2 is 1.04 bits per heavy atom. The van der Waals surface area contributed by atoms with Crippen molar-refractivity contribution in [3.63, 3.8) is 0 Å². The van der Waals surface area contributed by atoms with Gasteiger partial charge in [-0.3, -0.25) is 4.79 Å². The van der Waals surface area contributed by atoms with Gasteiger partial charge in [-0.15, -0.1) is 0 Å². The molecule has 1 saturated heterocycles. The molecule has 0 unspecified atom stereocenters. The summed E-state index contributed by atoms with van der Waals surface area (Å²) in [6.07, 6.45) is 26.9. The van der Waals surface area contributed by atoms with Crippen molar-refractivity contribution >= 4 is 5.91 Å². The van der Waals surface area contributed by atoms with Crippen LogP contribution in [-0.2, 0) is 14.3 Å². The van der Waals surface area contributed by atoms with Gasteiger partial charge in [-0.05, 0) is 38.5 Å². The Labute approximate surface area is 347 Å². The predicted octanol–water partition coefficient (Wildman–Crippen LogP) is 7.67. The summed E-state index contributed by atoms with van der Waals surface area (Å²) in [5.41, 5.74) is 0. The number of allylic oxidation sites excluding steroid dienone is 2. The summed E-state index contributed by atoms with van der Waals surface area (Å²) in [6, 6.07) is -1.18. The molecular weight excluding hydrogens is 727 g/mol. The van der Waals surface area contributed by atoms with E-state index in [0.29, 0.717) is 12.8 Å². The Morgan fingerprint density at radius 1 is 0.596 bits per heavy atom. The minimum absolute atomic E-state index is 0.259. The lowest BCUT2D eigenvalue weighted by molar-refractivity contribution is -0.303. The highest BCUT2D eigenvalue weighted by atomic mass is 16.7. The van der Waals surface area contributed by atoms with Gasteiger partial charge in [0, 0.05) is 0 Å². The van der Waals surface area contributed by atoms with Crippen LogP contribution in [0.2, 0.25) is 0 Å². The van der Waals surface area contributed by atoms with Gasteiger partial charge in [-0.1, -0.05) is 180 Å². The third kappa shape index (κ3) is 26.6. The highest BCUT2D eigenvalue weighted by molar-refractivity contribution is 5.80. The van der Waals surface area contributed by atoms with Crippen molar-refractivity contribution in [2.24, 2.45) is 0 Å². The quantitative estimate of drug-likeness (QED) is 0.0226. The SMILES string of the molecule is CCCCCCCCC/C=C\CCC[C@@H](O)[C@@H](O)[C@H](CO[C@@H]1O[C@H](CO)[C@H](O)[C@H](O)[C@H]1O)NC(=O)[C@H](O)CCCCCCCCCCCCCCCCCCCC. The predicted molar refractivity (Wildman–Crippen MR) is 229 cm³/mol. The van der Waals surface area contributed by atoms with E-state index < -0.39 is 74.2 Å². The fraction of sp³-hybridized carbons (Fsp3) is 0.935. The number of aliphatic hydroxyl groups excluding tert-OH is 7. The van der Waals surface area contributed by atoms with E-state index in [0.717, 1.165) is 38.5 Å². The van der Waals surface area contributed by atoms with Gasteiger partial charge >= 0.3 is 0 Å². The molecule has 0 spiro atoms. The number of rotatable bonds is 39.